The molecule has 5 nitrogen and oxygen atoms in total. The van der Waals surface area contributed by atoms with E-state index in [2.05, 4.69) is 41.2 Å². The van der Waals surface area contributed by atoms with Gasteiger partial charge in [0, 0.05) is 13.1 Å². The largest absolute Gasteiger partial charge is 0.406 e. The van der Waals surface area contributed by atoms with Crippen molar-refractivity contribution in [3.63, 3.8) is 0 Å². The van der Waals surface area contributed by atoms with Crippen LogP contribution in [0.2, 0.25) is 0 Å². The minimum Gasteiger partial charge on any atom is -0.406 e. The van der Waals surface area contributed by atoms with Gasteiger partial charge < -0.3 is 14.6 Å². The molecule has 0 aliphatic carbocycles. The maximum atomic E-state index is 5.69. The van der Waals surface area contributed by atoms with Crippen LogP contribution in [0.3, 0.4) is 0 Å². The van der Waals surface area contributed by atoms with E-state index >= 15 is 0 Å². The fourth-order valence-corrected chi connectivity index (χ4v) is 1.66. The molecule has 1 heterocycles. The van der Waals surface area contributed by atoms with Crippen molar-refractivity contribution in [2.24, 2.45) is 0 Å². The van der Waals surface area contributed by atoms with Gasteiger partial charge in [-0.15, -0.1) is 5.10 Å². The summed E-state index contributed by atoms with van der Waals surface area (Å²) in [4.78, 5) is 2.12. The lowest BCUT2D eigenvalue weighted by Gasteiger charge is -2.17. The lowest BCUT2D eigenvalue weighted by molar-refractivity contribution is 0.418. The molecule has 0 aliphatic rings. The number of aromatic nitrogens is 2. The van der Waals surface area contributed by atoms with Gasteiger partial charge in [0.2, 0.25) is 5.89 Å². The molecule has 1 N–H and O–H groups in total. The Labute approximate surface area is 104 Å². The third-order valence-electron chi connectivity index (χ3n) is 2.74. The first kappa shape index (κ1) is 14.0. The van der Waals surface area contributed by atoms with E-state index in [4.69, 9.17) is 4.42 Å². The number of anilines is 1. The minimum absolute atomic E-state index is 0.117. The second-order valence-corrected chi connectivity index (χ2v) is 4.14. The SMILES string of the molecule is CCCCN(CC)c1nnc(C(C)NCC)o1. The van der Waals surface area contributed by atoms with Gasteiger partial charge in [0.15, 0.2) is 0 Å². The van der Waals surface area contributed by atoms with Crippen LogP contribution in [0.25, 0.3) is 0 Å². The molecule has 0 aliphatic heterocycles. The number of hydrogen-bond donors (Lipinski definition) is 1. The van der Waals surface area contributed by atoms with Crippen LogP contribution >= 0.6 is 0 Å². The third kappa shape index (κ3) is 4.00. The number of nitrogens with zero attached hydrogens (tertiary/aromatic N) is 3. The van der Waals surface area contributed by atoms with Crippen molar-refractivity contribution in [3.05, 3.63) is 5.89 Å². The van der Waals surface area contributed by atoms with Crippen LogP contribution in [0.15, 0.2) is 4.42 Å². The normalized spacial score (nSPS) is 12.7. The summed E-state index contributed by atoms with van der Waals surface area (Å²) in [5, 5.41) is 11.5. The zero-order valence-corrected chi connectivity index (χ0v) is 11.4. The van der Waals surface area contributed by atoms with Gasteiger partial charge in [-0.25, -0.2) is 0 Å². The molecule has 5 heteroatoms. The van der Waals surface area contributed by atoms with Crippen molar-refractivity contribution >= 4 is 6.01 Å². The molecular formula is C12H24N4O. The van der Waals surface area contributed by atoms with Crippen molar-refractivity contribution in [3.8, 4) is 0 Å². The van der Waals surface area contributed by atoms with Gasteiger partial charge in [0.1, 0.15) is 0 Å². The highest BCUT2D eigenvalue weighted by molar-refractivity contribution is 5.23. The maximum absolute atomic E-state index is 5.69. The van der Waals surface area contributed by atoms with Gasteiger partial charge in [-0.3, -0.25) is 0 Å². The van der Waals surface area contributed by atoms with Gasteiger partial charge in [0.25, 0.3) is 0 Å². The Balaban J connectivity index is 2.64. The quantitative estimate of drug-likeness (QED) is 0.756. The molecule has 17 heavy (non-hydrogen) atoms. The van der Waals surface area contributed by atoms with Gasteiger partial charge in [0.05, 0.1) is 6.04 Å². The number of rotatable bonds is 8. The summed E-state index contributed by atoms with van der Waals surface area (Å²) in [6, 6.07) is 0.756. The number of unbranched alkanes of at least 4 members (excludes halogenated alkanes) is 1. The van der Waals surface area contributed by atoms with Gasteiger partial charge >= 0.3 is 6.01 Å². The minimum atomic E-state index is 0.117. The van der Waals surface area contributed by atoms with Crippen LogP contribution < -0.4 is 10.2 Å². The van der Waals surface area contributed by atoms with Gasteiger partial charge in [-0.1, -0.05) is 25.4 Å². The maximum Gasteiger partial charge on any atom is 0.318 e. The average Bonchev–Trinajstić information content (AvgIpc) is 2.80. The van der Waals surface area contributed by atoms with Crippen LogP contribution in [-0.2, 0) is 0 Å². The standard InChI is InChI=1S/C12H24N4O/c1-5-8-9-16(7-3)12-15-14-11(17-12)10(4)13-6-2/h10,13H,5-9H2,1-4H3. The lowest BCUT2D eigenvalue weighted by atomic mass is 10.3. The first-order valence-corrected chi connectivity index (χ1v) is 6.54. The van der Waals surface area contributed by atoms with E-state index in [0.29, 0.717) is 11.9 Å². The van der Waals surface area contributed by atoms with Crippen molar-refractivity contribution in [1.29, 1.82) is 0 Å². The van der Waals surface area contributed by atoms with Crippen LogP contribution in [0.1, 0.15) is 52.5 Å². The Bertz CT molecular complexity index is 313. The van der Waals surface area contributed by atoms with E-state index < -0.39 is 0 Å². The lowest BCUT2D eigenvalue weighted by Crippen LogP contribution is -2.24. The Hall–Kier alpha value is -1.10. The molecule has 1 atom stereocenters. The molecule has 0 amide bonds. The molecule has 1 unspecified atom stereocenters. The van der Waals surface area contributed by atoms with E-state index in [1.54, 1.807) is 0 Å². The Kier molecular flexibility index (Phi) is 5.97. The molecule has 0 saturated carbocycles. The smallest absolute Gasteiger partial charge is 0.318 e. The Morgan fingerprint density at radius 2 is 2.06 bits per heavy atom. The first-order valence-electron chi connectivity index (χ1n) is 6.54. The third-order valence-corrected chi connectivity index (χ3v) is 2.74. The molecule has 0 spiro atoms. The fraction of sp³-hybridized carbons (Fsp3) is 0.833. The molecule has 98 valence electrons. The summed E-state index contributed by atoms with van der Waals surface area (Å²) < 4.78 is 5.69. The zero-order valence-electron chi connectivity index (χ0n) is 11.4. The molecule has 0 saturated heterocycles. The van der Waals surface area contributed by atoms with E-state index in [0.717, 1.165) is 26.1 Å². The number of hydrogen-bond acceptors (Lipinski definition) is 5. The predicted molar refractivity (Wildman–Crippen MR) is 69.2 cm³/mol. The van der Waals surface area contributed by atoms with Crippen molar-refractivity contribution < 1.29 is 4.42 Å². The molecule has 1 aromatic heterocycles. The Morgan fingerprint density at radius 1 is 1.29 bits per heavy atom. The number of nitrogens with one attached hydrogen (secondary N) is 1. The predicted octanol–water partition coefficient (Wildman–Crippen LogP) is 2.37. The van der Waals surface area contributed by atoms with Gasteiger partial charge in [-0.2, -0.15) is 0 Å². The molecule has 1 rings (SSSR count). The van der Waals surface area contributed by atoms with Crippen LogP contribution in [0, 0.1) is 0 Å². The highest BCUT2D eigenvalue weighted by Gasteiger charge is 2.16. The van der Waals surface area contributed by atoms with E-state index in [-0.39, 0.29) is 6.04 Å². The molecular weight excluding hydrogens is 216 g/mol. The van der Waals surface area contributed by atoms with E-state index in [1.807, 2.05) is 6.92 Å². The molecule has 0 bridgehead atoms. The summed E-state index contributed by atoms with van der Waals surface area (Å²) in [6.45, 7) is 11.2. The van der Waals surface area contributed by atoms with Crippen molar-refractivity contribution in [1.82, 2.24) is 15.5 Å². The zero-order chi connectivity index (χ0) is 12.7. The Morgan fingerprint density at radius 3 is 2.65 bits per heavy atom. The highest BCUT2D eigenvalue weighted by Crippen LogP contribution is 2.17. The average molecular weight is 240 g/mol. The molecule has 0 radical (unpaired) electrons. The summed E-state index contributed by atoms with van der Waals surface area (Å²) in [5.41, 5.74) is 0. The summed E-state index contributed by atoms with van der Waals surface area (Å²) in [6.07, 6.45) is 2.32. The van der Waals surface area contributed by atoms with Crippen molar-refractivity contribution in [2.45, 2.75) is 46.6 Å². The van der Waals surface area contributed by atoms with Crippen LogP contribution in [0.5, 0.6) is 0 Å². The van der Waals surface area contributed by atoms with Crippen LogP contribution in [-0.4, -0.2) is 29.8 Å². The van der Waals surface area contributed by atoms with E-state index in [9.17, 15) is 0 Å². The van der Waals surface area contributed by atoms with Crippen molar-refractivity contribution in [2.75, 3.05) is 24.5 Å². The van der Waals surface area contributed by atoms with Gasteiger partial charge in [-0.05, 0) is 26.8 Å². The van der Waals surface area contributed by atoms with Crippen LogP contribution in [0.4, 0.5) is 6.01 Å². The monoisotopic (exact) mass is 240 g/mol. The fourth-order valence-electron chi connectivity index (χ4n) is 1.66. The summed E-state index contributed by atoms with van der Waals surface area (Å²) in [5.74, 6) is 0.664. The first-order chi connectivity index (χ1) is 8.22. The molecule has 1 aromatic rings. The topological polar surface area (TPSA) is 54.2 Å². The molecule has 0 fully saturated rings. The van der Waals surface area contributed by atoms with E-state index in [1.165, 1.54) is 6.42 Å². The summed E-state index contributed by atoms with van der Waals surface area (Å²) in [7, 11) is 0. The highest BCUT2D eigenvalue weighted by atomic mass is 16.4. The second kappa shape index (κ2) is 7.27. The molecule has 0 aromatic carbocycles. The second-order valence-electron chi connectivity index (χ2n) is 4.14. The summed E-state index contributed by atoms with van der Waals surface area (Å²) >= 11 is 0.